The summed E-state index contributed by atoms with van der Waals surface area (Å²) in [5.74, 6) is 2.42. The molecule has 2 N–H and O–H groups in total. The van der Waals surface area contributed by atoms with Gasteiger partial charge in [-0.15, -0.1) is 0 Å². The standard InChI is InChI=1S/C24H36O3/c1-15(14-25)19-4-5-20-18-13-22(27)21-12-17(26)8-10-23(21,2)9-6-16(18)7-11-24(19,20)3/h12,16,18-20,22,25,27H,1,4-11,13-14H2,2-3H3. The molecule has 27 heavy (non-hydrogen) atoms. The van der Waals surface area contributed by atoms with Gasteiger partial charge in [-0.2, -0.15) is 0 Å². The minimum atomic E-state index is -0.477. The summed E-state index contributed by atoms with van der Waals surface area (Å²) >= 11 is 0. The van der Waals surface area contributed by atoms with Gasteiger partial charge in [0.15, 0.2) is 5.78 Å². The smallest absolute Gasteiger partial charge is 0.155 e. The van der Waals surface area contributed by atoms with Crippen molar-refractivity contribution in [1.82, 2.24) is 0 Å². The number of aliphatic hydroxyl groups is 2. The van der Waals surface area contributed by atoms with E-state index in [0.29, 0.717) is 30.1 Å². The zero-order valence-electron chi connectivity index (χ0n) is 17.0. The predicted molar refractivity (Wildman–Crippen MR) is 107 cm³/mol. The summed E-state index contributed by atoms with van der Waals surface area (Å²) in [4.78, 5) is 12.1. The van der Waals surface area contributed by atoms with Crippen molar-refractivity contribution in [2.75, 3.05) is 6.61 Å². The van der Waals surface area contributed by atoms with E-state index in [-0.39, 0.29) is 23.2 Å². The summed E-state index contributed by atoms with van der Waals surface area (Å²) in [6.45, 7) is 8.93. The number of carbonyl (C=O) groups is 1. The van der Waals surface area contributed by atoms with Crippen molar-refractivity contribution in [1.29, 1.82) is 0 Å². The van der Waals surface area contributed by atoms with Gasteiger partial charge in [-0.1, -0.05) is 20.4 Å². The molecule has 3 heteroatoms. The molecule has 0 amide bonds. The Morgan fingerprint density at radius 2 is 1.93 bits per heavy atom. The van der Waals surface area contributed by atoms with Crippen LogP contribution < -0.4 is 0 Å². The van der Waals surface area contributed by atoms with Crippen molar-refractivity contribution in [2.24, 2.45) is 34.5 Å². The molecule has 0 aromatic heterocycles. The predicted octanol–water partition coefficient (Wildman–Crippen LogP) is 4.43. The molecule has 0 radical (unpaired) electrons. The third kappa shape index (κ3) is 3.06. The summed E-state index contributed by atoms with van der Waals surface area (Å²) in [6, 6.07) is 0. The van der Waals surface area contributed by atoms with Crippen molar-refractivity contribution >= 4 is 5.78 Å². The van der Waals surface area contributed by atoms with Gasteiger partial charge >= 0.3 is 0 Å². The first kappa shape index (κ1) is 19.4. The Morgan fingerprint density at radius 3 is 2.67 bits per heavy atom. The maximum absolute atomic E-state index is 12.1. The summed E-state index contributed by atoms with van der Waals surface area (Å²) in [7, 11) is 0. The molecule has 0 heterocycles. The number of hydrogen-bond acceptors (Lipinski definition) is 3. The van der Waals surface area contributed by atoms with E-state index in [9.17, 15) is 15.0 Å². The van der Waals surface area contributed by atoms with Crippen LogP contribution in [0.5, 0.6) is 0 Å². The van der Waals surface area contributed by atoms with E-state index in [0.717, 1.165) is 36.8 Å². The van der Waals surface area contributed by atoms with Crippen molar-refractivity contribution in [2.45, 2.75) is 77.7 Å². The zero-order valence-corrected chi connectivity index (χ0v) is 17.0. The Labute approximate surface area is 163 Å². The van der Waals surface area contributed by atoms with Crippen molar-refractivity contribution < 1.29 is 15.0 Å². The van der Waals surface area contributed by atoms with Gasteiger partial charge in [0.1, 0.15) is 0 Å². The van der Waals surface area contributed by atoms with E-state index in [1.807, 2.05) is 0 Å². The van der Waals surface area contributed by atoms with Crippen molar-refractivity contribution in [3.63, 3.8) is 0 Å². The number of fused-ring (bicyclic) bond motifs is 4. The molecule has 7 unspecified atom stereocenters. The topological polar surface area (TPSA) is 57.5 Å². The highest BCUT2D eigenvalue weighted by molar-refractivity contribution is 5.91. The SMILES string of the molecule is C=C(CO)C1CCC2C3CC(O)C4=CC(=O)CCC4(C)CCC3CCC12C. The molecule has 7 atom stereocenters. The molecule has 0 aliphatic heterocycles. The number of carbonyl (C=O) groups excluding carboxylic acids is 1. The lowest BCUT2D eigenvalue weighted by Gasteiger charge is -2.52. The van der Waals surface area contributed by atoms with Crippen LogP contribution in [0.1, 0.15) is 71.6 Å². The van der Waals surface area contributed by atoms with Gasteiger partial charge in [0.2, 0.25) is 0 Å². The van der Waals surface area contributed by atoms with Gasteiger partial charge in [0, 0.05) is 6.42 Å². The third-order valence-electron chi connectivity index (χ3n) is 9.14. The Kier molecular flexibility index (Phi) is 4.91. The number of rotatable bonds is 2. The molecule has 0 aromatic rings. The minimum Gasteiger partial charge on any atom is -0.392 e. The maximum Gasteiger partial charge on any atom is 0.155 e. The molecule has 4 aliphatic carbocycles. The lowest BCUT2D eigenvalue weighted by Crippen LogP contribution is -2.46. The highest BCUT2D eigenvalue weighted by Crippen LogP contribution is 2.63. The molecule has 3 saturated carbocycles. The van der Waals surface area contributed by atoms with Crippen LogP contribution in [0.25, 0.3) is 0 Å². The van der Waals surface area contributed by atoms with Crippen LogP contribution in [0.2, 0.25) is 0 Å². The number of ketones is 1. The normalized spacial score (nSPS) is 47.2. The molecule has 3 fully saturated rings. The van der Waals surface area contributed by atoms with Gasteiger partial charge in [-0.05, 0) is 103 Å². The van der Waals surface area contributed by atoms with Gasteiger partial charge < -0.3 is 10.2 Å². The Balaban J connectivity index is 1.63. The first-order valence-corrected chi connectivity index (χ1v) is 11.0. The first-order valence-electron chi connectivity index (χ1n) is 11.0. The van der Waals surface area contributed by atoms with Crippen LogP contribution in [0.15, 0.2) is 23.8 Å². The monoisotopic (exact) mass is 372 g/mol. The van der Waals surface area contributed by atoms with E-state index < -0.39 is 6.10 Å². The molecule has 0 spiro atoms. The number of allylic oxidation sites excluding steroid dienone is 1. The molecule has 3 nitrogen and oxygen atoms in total. The molecular weight excluding hydrogens is 336 g/mol. The fourth-order valence-corrected chi connectivity index (χ4v) is 7.48. The summed E-state index contributed by atoms with van der Waals surface area (Å²) < 4.78 is 0. The van der Waals surface area contributed by atoms with E-state index >= 15 is 0 Å². The summed E-state index contributed by atoms with van der Waals surface area (Å²) in [5, 5.41) is 20.8. The molecule has 4 rings (SSSR count). The molecule has 150 valence electrons. The molecule has 0 aromatic carbocycles. The Bertz CT molecular complexity index is 665. The average molecular weight is 373 g/mol. The van der Waals surface area contributed by atoms with Crippen LogP contribution in [-0.4, -0.2) is 28.7 Å². The fraction of sp³-hybridized carbons (Fsp3) is 0.792. The second-order valence-electron chi connectivity index (χ2n) is 10.4. The van der Waals surface area contributed by atoms with Crippen LogP contribution in [-0.2, 0) is 4.79 Å². The van der Waals surface area contributed by atoms with Crippen molar-refractivity contribution in [3.05, 3.63) is 23.8 Å². The highest BCUT2D eigenvalue weighted by Gasteiger charge is 2.55. The van der Waals surface area contributed by atoms with Crippen LogP contribution in [0.4, 0.5) is 0 Å². The van der Waals surface area contributed by atoms with Crippen LogP contribution >= 0.6 is 0 Å². The average Bonchev–Trinajstić information content (AvgIpc) is 2.99. The Hall–Kier alpha value is -0.930. The minimum absolute atomic E-state index is 0.00241. The van der Waals surface area contributed by atoms with E-state index in [4.69, 9.17) is 0 Å². The van der Waals surface area contributed by atoms with Crippen LogP contribution in [0.3, 0.4) is 0 Å². The lowest BCUT2D eigenvalue weighted by atomic mass is 9.53. The maximum atomic E-state index is 12.1. The summed E-state index contributed by atoms with van der Waals surface area (Å²) in [6.07, 6.45) is 10.7. The molecular formula is C24H36O3. The second-order valence-corrected chi connectivity index (χ2v) is 10.4. The zero-order chi connectivity index (χ0) is 19.4. The number of aliphatic hydroxyl groups excluding tert-OH is 2. The molecule has 0 saturated heterocycles. The quantitative estimate of drug-likeness (QED) is 0.705. The number of hydrogen-bond donors (Lipinski definition) is 2. The van der Waals surface area contributed by atoms with E-state index in [1.165, 1.54) is 25.7 Å². The lowest BCUT2D eigenvalue weighted by molar-refractivity contribution is -0.116. The summed E-state index contributed by atoms with van der Waals surface area (Å²) in [5.41, 5.74) is 2.22. The molecule has 4 aliphatic rings. The third-order valence-corrected chi connectivity index (χ3v) is 9.14. The van der Waals surface area contributed by atoms with Crippen LogP contribution in [0, 0.1) is 34.5 Å². The van der Waals surface area contributed by atoms with Crippen molar-refractivity contribution in [3.8, 4) is 0 Å². The highest BCUT2D eigenvalue weighted by atomic mass is 16.3. The van der Waals surface area contributed by atoms with E-state index in [2.05, 4.69) is 20.4 Å². The molecule has 0 bridgehead atoms. The first-order chi connectivity index (χ1) is 12.8. The largest absolute Gasteiger partial charge is 0.392 e. The Morgan fingerprint density at radius 1 is 1.19 bits per heavy atom. The van der Waals surface area contributed by atoms with Gasteiger partial charge in [0.05, 0.1) is 12.7 Å². The second kappa shape index (κ2) is 6.84. The van der Waals surface area contributed by atoms with Gasteiger partial charge in [-0.25, -0.2) is 0 Å². The van der Waals surface area contributed by atoms with E-state index in [1.54, 1.807) is 6.08 Å². The van der Waals surface area contributed by atoms with Gasteiger partial charge in [-0.3, -0.25) is 4.79 Å². The fourth-order valence-electron chi connectivity index (χ4n) is 7.48. The van der Waals surface area contributed by atoms with Gasteiger partial charge in [0.25, 0.3) is 0 Å².